The molecule has 2 aromatic carbocycles. The Balaban J connectivity index is 1.83. The number of aromatic nitrogens is 2. The van der Waals surface area contributed by atoms with Gasteiger partial charge in [-0.2, -0.15) is 0 Å². The van der Waals surface area contributed by atoms with Gasteiger partial charge < -0.3 is 9.73 Å². The Bertz CT molecular complexity index is 926. The van der Waals surface area contributed by atoms with Gasteiger partial charge in [0.05, 0.1) is 0 Å². The van der Waals surface area contributed by atoms with Gasteiger partial charge in [-0.1, -0.05) is 48.0 Å². The molecule has 0 bridgehead atoms. The summed E-state index contributed by atoms with van der Waals surface area (Å²) in [7, 11) is 1.44. The predicted molar refractivity (Wildman–Crippen MR) is 102 cm³/mol. The van der Waals surface area contributed by atoms with Crippen LogP contribution in [-0.4, -0.2) is 29.2 Å². The van der Waals surface area contributed by atoms with E-state index in [0.29, 0.717) is 5.89 Å². The van der Waals surface area contributed by atoms with Gasteiger partial charge in [-0.3, -0.25) is 10.1 Å². The Kier molecular flexibility index (Phi) is 5.87. The van der Waals surface area contributed by atoms with Gasteiger partial charge in [-0.15, -0.1) is 10.2 Å². The van der Waals surface area contributed by atoms with Crippen molar-refractivity contribution in [1.82, 2.24) is 20.8 Å². The lowest BCUT2D eigenvalue weighted by molar-refractivity contribution is -0.119. The Morgan fingerprint density at radius 1 is 1.04 bits per heavy atom. The molecule has 0 radical (unpaired) electrons. The highest BCUT2D eigenvalue weighted by Gasteiger charge is 2.26. The molecule has 7 nitrogen and oxygen atoms in total. The fourth-order valence-corrected chi connectivity index (χ4v) is 3.19. The van der Waals surface area contributed by atoms with Gasteiger partial charge in [0.2, 0.25) is 11.8 Å². The molecule has 1 aromatic heterocycles. The van der Waals surface area contributed by atoms with Crippen molar-refractivity contribution < 1.29 is 14.0 Å². The summed E-state index contributed by atoms with van der Waals surface area (Å²) in [6.45, 7) is 1.99. The lowest BCUT2D eigenvalue weighted by Crippen LogP contribution is -2.39. The first-order valence-corrected chi connectivity index (χ1v) is 9.09. The third kappa shape index (κ3) is 4.73. The van der Waals surface area contributed by atoms with Crippen molar-refractivity contribution in [2.45, 2.75) is 17.4 Å². The standard InChI is InChI=1S/C19H18N4O3S/c1-12-8-10-14(11-9-12)17-22-23-19(26-17)27-15(13-6-4-3-5-7-13)16(24)21-18(25)20-2/h3-11,15H,1-2H3,(H2,20,21,24,25). The highest BCUT2D eigenvalue weighted by atomic mass is 32.2. The Morgan fingerprint density at radius 3 is 2.41 bits per heavy atom. The zero-order valence-corrected chi connectivity index (χ0v) is 15.6. The number of hydrogen-bond acceptors (Lipinski definition) is 6. The summed E-state index contributed by atoms with van der Waals surface area (Å²) >= 11 is 1.09. The zero-order chi connectivity index (χ0) is 19.2. The van der Waals surface area contributed by atoms with Crippen LogP contribution in [0.1, 0.15) is 16.4 Å². The second kappa shape index (κ2) is 8.50. The van der Waals surface area contributed by atoms with E-state index in [0.717, 1.165) is 28.5 Å². The number of carbonyl (C=O) groups is 2. The van der Waals surface area contributed by atoms with Gasteiger partial charge in [-0.05, 0) is 36.4 Å². The largest absolute Gasteiger partial charge is 0.411 e. The maximum atomic E-state index is 12.5. The molecule has 138 valence electrons. The number of rotatable bonds is 5. The van der Waals surface area contributed by atoms with E-state index < -0.39 is 17.2 Å². The lowest BCUT2D eigenvalue weighted by Gasteiger charge is -2.14. The van der Waals surface area contributed by atoms with Gasteiger partial charge in [0.25, 0.3) is 5.22 Å². The molecular formula is C19H18N4O3S. The molecule has 3 rings (SSSR count). The number of urea groups is 1. The van der Waals surface area contributed by atoms with Crippen molar-refractivity contribution in [1.29, 1.82) is 0 Å². The minimum absolute atomic E-state index is 0.242. The third-order valence-electron chi connectivity index (χ3n) is 3.73. The van der Waals surface area contributed by atoms with E-state index in [4.69, 9.17) is 4.42 Å². The molecule has 0 spiro atoms. The molecule has 3 amide bonds. The molecule has 0 fully saturated rings. The van der Waals surface area contributed by atoms with E-state index in [1.807, 2.05) is 49.4 Å². The number of nitrogens with one attached hydrogen (secondary N) is 2. The van der Waals surface area contributed by atoms with Gasteiger partial charge in [-0.25, -0.2) is 4.79 Å². The second-order valence-corrected chi connectivity index (χ2v) is 6.77. The Labute approximate surface area is 160 Å². The average Bonchev–Trinajstić information content (AvgIpc) is 3.16. The number of carbonyl (C=O) groups excluding carboxylic acids is 2. The third-order valence-corrected chi connectivity index (χ3v) is 4.82. The van der Waals surface area contributed by atoms with E-state index in [2.05, 4.69) is 20.8 Å². The molecule has 27 heavy (non-hydrogen) atoms. The normalized spacial score (nSPS) is 11.6. The number of imide groups is 1. The molecule has 1 atom stereocenters. The van der Waals surface area contributed by atoms with Gasteiger partial charge >= 0.3 is 6.03 Å². The van der Waals surface area contributed by atoms with E-state index in [9.17, 15) is 9.59 Å². The molecule has 1 heterocycles. The highest BCUT2D eigenvalue weighted by molar-refractivity contribution is 8.00. The maximum absolute atomic E-state index is 12.5. The van der Waals surface area contributed by atoms with Gasteiger partial charge in [0.15, 0.2) is 0 Å². The lowest BCUT2D eigenvalue weighted by atomic mass is 10.1. The molecule has 8 heteroatoms. The molecule has 0 aliphatic rings. The van der Waals surface area contributed by atoms with Crippen LogP contribution in [0, 0.1) is 6.92 Å². The molecule has 1 unspecified atom stereocenters. The van der Waals surface area contributed by atoms with Crippen LogP contribution in [0.4, 0.5) is 4.79 Å². The van der Waals surface area contributed by atoms with Crippen LogP contribution in [0.25, 0.3) is 11.5 Å². The summed E-state index contributed by atoms with van der Waals surface area (Å²) in [5, 5.41) is 12.3. The van der Waals surface area contributed by atoms with Crippen LogP contribution >= 0.6 is 11.8 Å². The van der Waals surface area contributed by atoms with Crippen molar-refractivity contribution in [2.24, 2.45) is 0 Å². The van der Waals surface area contributed by atoms with Crippen LogP contribution in [0.2, 0.25) is 0 Å². The maximum Gasteiger partial charge on any atom is 0.321 e. The van der Waals surface area contributed by atoms with E-state index in [-0.39, 0.29) is 5.22 Å². The van der Waals surface area contributed by atoms with Crippen molar-refractivity contribution in [3.63, 3.8) is 0 Å². The van der Waals surface area contributed by atoms with Crippen molar-refractivity contribution in [3.8, 4) is 11.5 Å². The molecule has 2 N–H and O–H groups in total. The fraction of sp³-hybridized carbons (Fsp3) is 0.158. The zero-order valence-electron chi connectivity index (χ0n) is 14.8. The molecule has 0 aliphatic heterocycles. The van der Waals surface area contributed by atoms with E-state index in [1.54, 1.807) is 12.1 Å². The summed E-state index contributed by atoms with van der Waals surface area (Å²) in [5.41, 5.74) is 2.65. The van der Waals surface area contributed by atoms with Crippen molar-refractivity contribution in [2.75, 3.05) is 7.05 Å². The van der Waals surface area contributed by atoms with E-state index >= 15 is 0 Å². The fourth-order valence-electron chi connectivity index (χ4n) is 2.31. The summed E-state index contributed by atoms with van der Waals surface area (Å²) in [6, 6.07) is 16.2. The van der Waals surface area contributed by atoms with Crippen LogP contribution in [-0.2, 0) is 4.79 Å². The van der Waals surface area contributed by atoms with Crippen LogP contribution in [0.3, 0.4) is 0 Å². The Morgan fingerprint density at radius 2 is 1.74 bits per heavy atom. The molecule has 0 saturated heterocycles. The summed E-state index contributed by atoms with van der Waals surface area (Å²) < 4.78 is 5.70. The topological polar surface area (TPSA) is 97.1 Å². The number of benzene rings is 2. The summed E-state index contributed by atoms with van der Waals surface area (Å²) in [4.78, 5) is 24.1. The quantitative estimate of drug-likeness (QED) is 0.657. The number of aryl methyl sites for hydroxylation is 1. The van der Waals surface area contributed by atoms with Crippen LogP contribution in [0.5, 0.6) is 0 Å². The van der Waals surface area contributed by atoms with Crippen LogP contribution < -0.4 is 10.6 Å². The minimum Gasteiger partial charge on any atom is -0.411 e. The van der Waals surface area contributed by atoms with Gasteiger partial charge in [0, 0.05) is 12.6 Å². The summed E-state index contributed by atoms with van der Waals surface area (Å²) in [5.74, 6) is -0.100. The first-order chi connectivity index (χ1) is 13.1. The van der Waals surface area contributed by atoms with Crippen molar-refractivity contribution in [3.05, 3.63) is 65.7 Å². The molecule has 0 saturated carbocycles. The minimum atomic E-state index is -0.713. The van der Waals surface area contributed by atoms with E-state index in [1.165, 1.54) is 7.05 Å². The summed E-state index contributed by atoms with van der Waals surface area (Å²) in [6.07, 6.45) is 0. The van der Waals surface area contributed by atoms with Crippen molar-refractivity contribution >= 4 is 23.7 Å². The Hall–Kier alpha value is -3.13. The monoisotopic (exact) mass is 382 g/mol. The number of nitrogens with zero attached hydrogens (tertiary/aromatic N) is 2. The molecule has 3 aromatic rings. The smallest absolute Gasteiger partial charge is 0.321 e. The first kappa shape index (κ1) is 18.7. The number of hydrogen-bond donors (Lipinski definition) is 2. The van der Waals surface area contributed by atoms with Crippen LogP contribution in [0.15, 0.2) is 64.2 Å². The average molecular weight is 382 g/mol. The second-order valence-electron chi connectivity index (χ2n) is 5.72. The van der Waals surface area contributed by atoms with Gasteiger partial charge in [0.1, 0.15) is 5.25 Å². The number of thioether (sulfide) groups is 1. The SMILES string of the molecule is CNC(=O)NC(=O)C(Sc1nnc(-c2ccc(C)cc2)o1)c1ccccc1. The highest BCUT2D eigenvalue weighted by Crippen LogP contribution is 2.35. The molecular weight excluding hydrogens is 364 g/mol. The molecule has 0 aliphatic carbocycles. The number of amides is 3. The first-order valence-electron chi connectivity index (χ1n) is 8.21. The predicted octanol–water partition coefficient (Wildman–Crippen LogP) is 3.33.